The van der Waals surface area contributed by atoms with Crippen LogP contribution < -0.4 is 25.6 Å². The van der Waals surface area contributed by atoms with Crippen LogP contribution in [0.5, 0.6) is 23.0 Å². The van der Waals surface area contributed by atoms with Gasteiger partial charge in [0.2, 0.25) is 11.8 Å². The highest BCUT2D eigenvalue weighted by molar-refractivity contribution is 6.02. The van der Waals surface area contributed by atoms with Gasteiger partial charge in [0, 0.05) is 82.6 Å². The molecule has 5 aromatic carbocycles. The van der Waals surface area contributed by atoms with Crippen molar-refractivity contribution in [3.63, 3.8) is 0 Å². The van der Waals surface area contributed by atoms with Crippen molar-refractivity contribution in [3.05, 3.63) is 148 Å². The highest BCUT2D eigenvalue weighted by Crippen LogP contribution is 2.57. The summed E-state index contributed by atoms with van der Waals surface area (Å²) in [5.41, 5.74) is 4.03. The number of phenols is 2. The summed E-state index contributed by atoms with van der Waals surface area (Å²) in [5, 5.41) is 30.6. The fraction of sp³-hybridized carbons (Fsp3) is 0.351. The third kappa shape index (κ3) is 10.1. The van der Waals surface area contributed by atoms with Gasteiger partial charge >= 0.3 is 5.97 Å². The second-order valence-electron chi connectivity index (χ2n) is 18.8. The van der Waals surface area contributed by atoms with Crippen LogP contribution in [0.25, 0.3) is 10.9 Å². The number of para-hydroxylation sites is 1. The number of amides is 4. The molecule has 4 amide bonds. The van der Waals surface area contributed by atoms with Crippen molar-refractivity contribution in [1.82, 2.24) is 20.5 Å². The summed E-state index contributed by atoms with van der Waals surface area (Å²) in [6.45, 7) is 5.68. The number of hydrogen-bond acceptors (Lipinski definition) is 9. The van der Waals surface area contributed by atoms with E-state index >= 15 is 0 Å². The lowest BCUT2D eigenvalue weighted by Gasteiger charge is -2.36. The summed E-state index contributed by atoms with van der Waals surface area (Å²) in [7, 11) is 0. The smallest absolute Gasteiger partial charge is 0.340 e. The van der Waals surface area contributed by atoms with Gasteiger partial charge in [0.1, 0.15) is 35.2 Å². The van der Waals surface area contributed by atoms with Gasteiger partial charge in [-0.05, 0) is 118 Å². The van der Waals surface area contributed by atoms with E-state index in [-0.39, 0.29) is 70.7 Å². The number of hydrogen-bond donors (Lipinski definition) is 5. The van der Waals surface area contributed by atoms with Crippen molar-refractivity contribution >= 4 is 46.2 Å². The fourth-order valence-corrected chi connectivity index (χ4v) is 10.5. The Morgan fingerprint density at radius 1 is 0.704 bits per heavy atom. The van der Waals surface area contributed by atoms with Gasteiger partial charge in [-0.1, -0.05) is 69.0 Å². The van der Waals surface area contributed by atoms with Gasteiger partial charge in [-0.25, -0.2) is 4.79 Å². The van der Waals surface area contributed by atoms with Crippen LogP contribution in [0.3, 0.4) is 0 Å². The number of benzene rings is 5. The number of unbranched alkanes of at least 4 members (excludes halogenated alkanes) is 5. The number of nitrogens with one attached hydrogen (secondary N) is 3. The summed E-state index contributed by atoms with van der Waals surface area (Å²) >= 11 is 0. The van der Waals surface area contributed by atoms with Crippen LogP contribution in [0.1, 0.15) is 132 Å². The molecule has 1 aliphatic carbocycles. The molecule has 1 spiro atoms. The molecule has 1 fully saturated rings. The molecule has 14 nitrogen and oxygen atoms in total. The van der Waals surface area contributed by atoms with Crippen LogP contribution in [-0.4, -0.2) is 70.1 Å². The topological polar surface area (TPSA) is 189 Å². The number of anilines is 1. The maximum Gasteiger partial charge on any atom is 0.340 e. The van der Waals surface area contributed by atoms with E-state index in [1.165, 1.54) is 24.3 Å². The standard InChI is InChI=1S/C57H61N5O9/c1-3-36-14-13-16-41(30-36)61(4-2)52(65)35-62-48-17-10-9-15-38(48)32-49(62)55(68)60-40-21-18-37(19-22-40)53(66)58-28-11-7-5-6-8-12-29-59-54(67)39-20-25-45-44(31-39)56(69)71-57(45)46-26-23-42(63)33-50(46)70-51-34-43(64)24-27-47(51)57/h9-10,13-17,20,23-27,30-34,37,40,63-64H,3-8,11-12,18-19,21-22,28-29,35H2,1-2H3,(H,58,66)(H,59,67)(H,60,68)/t37-,40-. The number of aromatic nitrogens is 1. The lowest BCUT2D eigenvalue weighted by atomic mass is 9.77. The Balaban J connectivity index is 0.675. The minimum atomic E-state index is -1.39. The Kier molecular flexibility index (Phi) is 14.4. The monoisotopic (exact) mass is 959 g/mol. The molecule has 9 rings (SSSR count). The number of rotatable bonds is 18. The molecule has 1 saturated carbocycles. The molecule has 3 aliphatic rings. The third-order valence-electron chi connectivity index (χ3n) is 14.2. The maximum absolute atomic E-state index is 13.8. The average Bonchev–Trinajstić information content (AvgIpc) is 3.88. The van der Waals surface area contributed by atoms with Crippen LogP contribution in [0, 0.1) is 5.92 Å². The first-order valence-corrected chi connectivity index (χ1v) is 25.0. The number of aryl methyl sites for hydroxylation is 1. The van der Waals surface area contributed by atoms with Crippen molar-refractivity contribution in [2.24, 2.45) is 5.92 Å². The zero-order chi connectivity index (χ0) is 49.6. The molecule has 3 heterocycles. The quantitative estimate of drug-likeness (QED) is 0.0413. The Hall–Kier alpha value is -7.61. The molecule has 71 heavy (non-hydrogen) atoms. The lowest BCUT2D eigenvalue weighted by molar-refractivity contribution is -0.126. The Morgan fingerprint density at radius 3 is 2.06 bits per heavy atom. The molecule has 0 bridgehead atoms. The molecule has 0 saturated heterocycles. The second-order valence-corrected chi connectivity index (χ2v) is 18.8. The van der Waals surface area contributed by atoms with Crippen molar-refractivity contribution in [3.8, 4) is 23.0 Å². The van der Waals surface area contributed by atoms with E-state index in [0.717, 1.165) is 67.1 Å². The third-order valence-corrected chi connectivity index (χ3v) is 14.2. The van der Waals surface area contributed by atoms with Gasteiger partial charge in [-0.3, -0.25) is 19.2 Å². The van der Waals surface area contributed by atoms with Gasteiger partial charge in [-0.2, -0.15) is 0 Å². The summed E-state index contributed by atoms with van der Waals surface area (Å²) in [4.78, 5) is 69.2. The first-order chi connectivity index (χ1) is 34.5. The van der Waals surface area contributed by atoms with Crippen molar-refractivity contribution in [2.75, 3.05) is 24.5 Å². The SMILES string of the molecule is CCc1cccc(N(CC)C(=O)Cn2c(C(=O)N[C@H]3CC[C@H](C(=O)NCCCCCCCCNC(=O)c4ccc5c(c4)C(=O)OC54c5ccc(O)cc5Oc5cc(O)ccc54)CC3)cc3ccccc32)c1. The Labute approximate surface area is 413 Å². The highest BCUT2D eigenvalue weighted by Gasteiger charge is 2.54. The van der Waals surface area contributed by atoms with E-state index in [4.69, 9.17) is 9.47 Å². The van der Waals surface area contributed by atoms with Crippen molar-refractivity contribution < 1.29 is 43.7 Å². The van der Waals surface area contributed by atoms with Crippen LogP contribution in [-0.2, 0) is 32.9 Å². The van der Waals surface area contributed by atoms with Crippen LogP contribution in [0.4, 0.5) is 5.69 Å². The summed E-state index contributed by atoms with van der Waals surface area (Å²) in [6, 6.07) is 31.6. The normalized spacial score (nSPS) is 16.3. The molecular weight excluding hydrogens is 899 g/mol. The number of carbonyl (C=O) groups excluding carboxylic acids is 5. The molecule has 368 valence electrons. The van der Waals surface area contributed by atoms with E-state index in [2.05, 4.69) is 28.9 Å². The Bertz CT molecular complexity index is 2940. The maximum atomic E-state index is 13.8. The predicted octanol–water partition coefficient (Wildman–Crippen LogP) is 9.41. The fourth-order valence-electron chi connectivity index (χ4n) is 10.5. The van der Waals surface area contributed by atoms with Crippen LogP contribution in [0.2, 0.25) is 0 Å². The Morgan fingerprint density at radius 2 is 1.37 bits per heavy atom. The van der Waals surface area contributed by atoms with E-state index in [0.29, 0.717) is 73.3 Å². The number of likely N-dealkylation sites (N-methyl/N-ethyl adjacent to an activating group) is 1. The van der Waals surface area contributed by atoms with Crippen molar-refractivity contribution in [2.45, 2.75) is 103 Å². The number of nitrogens with zero attached hydrogens (tertiary/aromatic N) is 2. The number of carbonyl (C=O) groups is 5. The summed E-state index contributed by atoms with van der Waals surface area (Å²) in [5.74, 6) is -0.727. The minimum absolute atomic E-state index is 0.0312. The number of phenolic OH excluding ortho intramolecular Hbond substituents is 2. The number of fused-ring (bicyclic) bond motifs is 7. The summed E-state index contributed by atoms with van der Waals surface area (Å²) in [6.07, 6.45) is 9.25. The summed E-state index contributed by atoms with van der Waals surface area (Å²) < 4.78 is 14.0. The molecule has 2 aliphatic heterocycles. The molecule has 6 aromatic rings. The zero-order valence-corrected chi connectivity index (χ0v) is 40.3. The lowest BCUT2D eigenvalue weighted by Crippen LogP contribution is -2.42. The molecular formula is C57H61N5O9. The van der Waals surface area contributed by atoms with Crippen molar-refractivity contribution in [1.29, 1.82) is 0 Å². The van der Waals surface area contributed by atoms with Gasteiger partial charge in [-0.15, -0.1) is 0 Å². The first-order valence-electron chi connectivity index (χ1n) is 25.0. The van der Waals surface area contributed by atoms with E-state index < -0.39 is 11.6 Å². The van der Waals surface area contributed by atoms with Gasteiger partial charge in [0.05, 0.1) is 5.56 Å². The average molecular weight is 960 g/mol. The van der Waals surface area contributed by atoms with Gasteiger partial charge in [0.15, 0.2) is 5.60 Å². The second kappa shape index (κ2) is 21.2. The largest absolute Gasteiger partial charge is 0.508 e. The molecule has 14 heteroatoms. The van der Waals surface area contributed by atoms with Gasteiger partial charge < -0.3 is 45.1 Å². The first kappa shape index (κ1) is 48.4. The predicted molar refractivity (Wildman–Crippen MR) is 270 cm³/mol. The van der Waals surface area contributed by atoms with Gasteiger partial charge in [0.25, 0.3) is 11.8 Å². The molecule has 5 N–H and O–H groups in total. The minimum Gasteiger partial charge on any atom is -0.508 e. The van der Waals surface area contributed by atoms with E-state index in [1.807, 2.05) is 60.0 Å². The molecule has 0 unspecified atom stereocenters. The molecule has 0 radical (unpaired) electrons. The van der Waals surface area contributed by atoms with Crippen LogP contribution >= 0.6 is 0 Å². The number of aromatic hydroxyl groups is 2. The van der Waals surface area contributed by atoms with E-state index in [1.54, 1.807) is 35.2 Å². The number of esters is 1. The zero-order valence-electron chi connectivity index (χ0n) is 40.3. The number of ether oxygens (including phenoxy) is 2. The molecule has 0 atom stereocenters. The highest BCUT2D eigenvalue weighted by atomic mass is 16.6. The van der Waals surface area contributed by atoms with E-state index in [9.17, 15) is 34.2 Å². The molecule has 1 aromatic heterocycles. The van der Waals surface area contributed by atoms with Crippen LogP contribution in [0.15, 0.2) is 109 Å².